The van der Waals surface area contributed by atoms with Gasteiger partial charge in [0, 0.05) is 24.8 Å². The summed E-state index contributed by atoms with van der Waals surface area (Å²) in [6.07, 6.45) is 0. The molecular weight excluding hydrogens is 282 g/mol. The molecule has 1 aromatic heterocycles. The average molecular weight is 301 g/mol. The molecule has 0 aliphatic heterocycles. The first-order valence-electron chi connectivity index (χ1n) is 6.96. The van der Waals surface area contributed by atoms with Crippen molar-refractivity contribution in [3.05, 3.63) is 47.4 Å². The van der Waals surface area contributed by atoms with Crippen molar-refractivity contribution in [1.29, 1.82) is 0 Å². The number of benzene rings is 1. The number of aromatic nitrogens is 2. The minimum atomic E-state index is -0.964. The van der Waals surface area contributed by atoms with Gasteiger partial charge in [0.2, 0.25) is 0 Å². The maximum absolute atomic E-state index is 11.0. The molecule has 0 saturated carbocycles. The number of carbonyl (C=O) groups is 1. The molecule has 2 N–H and O–H groups in total. The first-order valence-corrected chi connectivity index (χ1v) is 6.96. The third-order valence-electron chi connectivity index (χ3n) is 2.99. The van der Waals surface area contributed by atoms with Crippen LogP contribution in [-0.4, -0.2) is 28.2 Å². The summed E-state index contributed by atoms with van der Waals surface area (Å²) >= 11 is 0. The number of anilines is 2. The molecule has 1 aromatic carbocycles. The lowest BCUT2D eigenvalue weighted by Gasteiger charge is -2.12. The second kappa shape index (κ2) is 7.00. The van der Waals surface area contributed by atoms with Gasteiger partial charge in [0.1, 0.15) is 11.6 Å². The maximum atomic E-state index is 11.0. The van der Waals surface area contributed by atoms with Gasteiger partial charge in [-0.1, -0.05) is 19.9 Å². The van der Waals surface area contributed by atoms with Crippen molar-refractivity contribution in [2.75, 3.05) is 12.4 Å². The van der Waals surface area contributed by atoms with Crippen LogP contribution in [0.1, 0.15) is 41.6 Å². The van der Waals surface area contributed by atoms with Crippen molar-refractivity contribution in [3.63, 3.8) is 0 Å². The second-order valence-electron chi connectivity index (χ2n) is 5.20. The summed E-state index contributed by atoms with van der Waals surface area (Å²) in [6, 6.07) is 8.38. The number of carboxylic acids is 1. The highest BCUT2D eigenvalue weighted by Crippen LogP contribution is 2.19. The Bertz CT molecular complexity index is 671. The van der Waals surface area contributed by atoms with Crippen molar-refractivity contribution in [3.8, 4) is 0 Å². The van der Waals surface area contributed by atoms with E-state index < -0.39 is 5.97 Å². The third-order valence-corrected chi connectivity index (χ3v) is 2.99. The van der Waals surface area contributed by atoms with Crippen LogP contribution in [0.3, 0.4) is 0 Å². The summed E-state index contributed by atoms with van der Waals surface area (Å²) in [6.45, 7) is 4.42. The number of hydrogen-bond acceptors (Lipinski definition) is 5. The van der Waals surface area contributed by atoms with Crippen LogP contribution in [0.2, 0.25) is 0 Å². The van der Waals surface area contributed by atoms with Gasteiger partial charge in [-0.05, 0) is 18.2 Å². The largest absolute Gasteiger partial charge is 0.478 e. The van der Waals surface area contributed by atoms with Crippen molar-refractivity contribution in [2.24, 2.45) is 0 Å². The molecule has 2 aromatic rings. The Morgan fingerprint density at radius 3 is 2.73 bits per heavy atom. The van der Waals surface area contributed by atoms with Gasteiger partial charge in [0.25, 0.3) is 0 Å². The number of methoxy groups -OCH3 is 1. The Hall–Kier alpha value is -2.47. The summed E-state index contributed by atoms with van der Waals surface area (Å²) in [5.41, 5.74) is 1.66. The molecule has 0 atom stereocenters. The van der Waals surface area contributed by atoms with E-state index in [9.17, 15) is 4.79 Å². The molecule has 0 unspecified atom stereocenters. The molecule has 22 heavy (non-hydrogen) atoms. The lowest BCUT2D eigenvalue weighted by atomic mass is 10.2. The maximum Gasteiger partial charge on any atom is 0.335 e. The van der Waals surface area contributed by atoms with E-state index >= 15 is 0 Å². The van der Waals surface area contributed by atoms with Crippen LogP contribution in [0, 0.1) is 0 Å². The van der Waals surface area contributed by atoms with Crippen LogP contribution < -0.4 is 5.32 Å². The average Bonchev–Trinajstić information content (AvgIpc) is 2.47. The van der Waals surface area contributed by atoms with Crippen LogP contribution in [0.15, 0.2) is 30.3 Å². The van der Waals surface area contributed by atoms with Gasteiger partial charge in [-0.3, -0.25) is 0 Å². The fraction of sp³-hybridized carbons (Fsp3) is 0.312. The lowest BCUT2D eigenvalue weighted by Crippen LogP contribution is -2.06. The van der Waals surface area contributed by atoms with E-state index in [0.717, 1.165) is 5.69 Å². The van der Waals surface area contributed by atoms with Gasteiger partial charge in [-0.25, -0.2) is 14.8 Å². The SMILES string of the molecule is COCc1cc(Nc2cccc(C(=O)O)c2)nc(C(C)C)n1. The predicted molar refractivity (Wildman–Crippen MR) is 83.5 cm³/mol. The highest BCUT2D eigenvalue weighted by molar-refractivity contribution is 5.89. The van der Waals surface area contributed by atoms with Crippen molar-refractivity contribution in [1.82, 2.24) is 9.97 Å². The Labute approximate surface area is 129 Å². The Balaban J connectivity index is 2.31. The first-order chi connectivity index (χ1) is 10.5. The van der Waals surface area contributed by atoms with Crippen LogP contribution >= 0.6 is 0 Å². The smallest absolute Gasteiger partial charge is 0.335 e. The Kier molecular flexibility index (Phi) is 5.06. The van der Waals surface area contributed by atoms with E-state index in [-0.39, 0.29) is 11.5 Å². The number of nitrogens with zero attached hydrogens (tertiary/aromatic N) is 2. The van der Waals surface area contributed by atoms with Gasteiger partial charge in [-0.15, -0.1) is 0 Å². The standard InChI is InChI=1S/C16H19N3O3/c1-10(2)15-18-13(9-22-3)8-14(19-15)17-12-6-4-5-11(7-12)16(20)21/h4-8,10H,9H2,1-3H3,(H,20,21)(H,17,18,19). The van der Waals surface area contributed by atoms with Gasteiger partial charge in [0.05, 0.1) is 17.9 Å². The van der Waals surface area contributed by atoms with Crippen LogP contribution in [0.5, 0.6) is 0 Å². The third kappa shape index (κ3) is 4.02. The van der Waals surface area contributed by atoms with Gasteiger partial charge < -0.3 is 15.2 Å². The topological polar surface area (TPSA) is 84.3 Å². The van der Waals surface area contributed by atoms with E-state index in [4.69, 9.17) is 9.84 Å². The summed E-state index contributed by atoms with van der Waals surface area (Å²) in [4.78, 5) is 19.9. The first kappa shape index (κ1) is 15.9. The zero-order valence-electron chi connectivity index (χ0n) is 12.8. The van der Waals surface area contributed by atoms with Crippen molar-refractivity contribution >= 4 is 17.5 Å². The summed E-state index contributed by atoms with van der Waals surface area (Å²) in [7, 11) is 1.61. The summed E-state index contributed by atoms with van der Waals surface area (Å²) in [5.74, 6) is 0.553. The summed E-state index contributed by atoms with van der Waals surface area (Å²) in [5, 5.41) is 12.2. The molecule has 116 valence electrons. The van der Waals surface area contributed by atoms with Crippen LogP contribution in [0.4, 0.5) is 11.5 Å². The van der Waals surface area contributed by atoms with E-state index in [2.05, 4.69) is 15.3 Å². The number of nitrogens with one attached hydrogen (secondary N) is 1. The number of aromatic carboxylic acids is 1. The monoisotopic (exact) mass is 301 g/mol. The molecule has 0 aliphatic rings. The molecule has 0 bridgehead atoms. The molecular formula is C16H19N3O3. The molecule has 0 radical (unpaired) electrons. The number of rotatable bonds is 6. The van der Waals surface area contributed by atoms with Crippen molar-refractivity contribution < 1.29 is 14.6 Å². The van der Waals surface area contributed by atoms with E-state index in [1.165, 1.54) is 0 Å². The normalized spacial score (nSPS) is 10.7. The highest BCUT2D eigenvalue weighted by atomic mass is 16.5. The van der Waals surface area contributed by atoms with Crippen LogP contribution in [0.25, 0.3) is 0 Å². The molecule has 0 fully saturated rings. The molecule has 0 saturated heterocycles. The zero-order valence-corrected chi connectivity index (χ0v) is 12.8. The number of hydrogen-bond donors (Lipinski definition) is 2. The quantitative estimate of drug-likeness (QED) is 0.852. The highest BCUT2D eigenvalue weighted by Gasteiger charge is 2.09. The van der Waals surface area contributed by atoms with E-state index in [0.29, 0.717) is 23.9 Å². The van der Waals surface area contributed by atoms with Gasteiger partial charge in [-0.2, -0.15) is 0 Å². The van der Waals surface area contributed by atoms with Crippen LogP contribution in [-0.2, 0) is 11.3 Å². The number of carboxylic acid groups (broad SMARTS) is 1. The Morgan fingerprint density at radius 2 is 2.09 bits per heavy atom. The fourth-order valence-electron chi connectivity index (χ4n) is 1.94. The predicted octanol–water partition coefficient (Wildman–Crippen LogP) is 3.19. The minimum Gasteiger partial charge on any atom is -0.478 e. The van der Waals surface area contributed by atoms with E-state index in [1.807, 2.05) is 13.8 Å². The van der Waals surface area contributed by atoms with Crippen molar-refractivity contribution in [2.45, 2.75) is 26.4 Å². The zero-order chi connectivity index (χ0) is 16.1. The molecule has 0 spiro atoms. The molecule has 6 heteroatoms. The fourth-order valence-corrected chi connectivity index (χ4v) is 1.94. The molecule has 1 heterocycles. The minimum absolute atomic E-state index is 0.183. The Morgan fingerprint density at radius 1 is 1.32 bits per heavy atom. The summed E-state index contributed by atoms with van der Waals surface area (Å²) < 4.78 is 5.12. The molecule has 2 rings (SSSR count). The number of ether oxygens (including phenoxy) is 1. The molecule has 0 aliphatic carbocycles. The molecule has 0 amide bonds. The lowest BCUT2D eigenvalue weighted by molar-refractivity contribution is 0.0697. The molecule has 6 nitrogen and oxygen atoms in total. The van der Waals surface area contributed by atoms with Gasteiger partial charge in [0.15, 0.2) is 0 Å². The van der Waals surface area contributed by atoms with E-state index in [1.54, 1.807) is 37.4 Å². The van der Waals surface area contributed by atoms with Gasteiger partial charge >= 0.3 is 5.97 Å². The second-order valence-corrected chi connectivity index (χ2v) is 5.20.